The molecule has 0 bridgehead atoms. The molecular weight excluding hydrogens is 532 g/mol. The lowest BCUT2D eigenvalue weighted by atomic mass is 10.1. The van der Waals surface area contributed by atoms with Crippen molar-refractivity contribution >= 4 is 54.9 Å². The van der Waals surface area contributed by atoms with Crippen molar-refractivity contribution in [1.82, 2.24) is 19.1 Å². The van der Waals surface area contributed by atoms with Crippen LogP contribution < -0.4 is 4.74 Å². The molecule has 0 unspecified atom stereocenters. The summed E-state index contributed by atoms with van der Waals surface area (Å²) >= 11 is 0. The Balaban J connectivity index is 1.16. The number of aromatic nitrogens is 4. The van der Waals surface area contributed by atoms with E-state index in [1.807, 2.05) is 73.9 Å². The largest absolute Gasteiger partial charge is 0.457 e. The van der Waals surface area contributed by atoms with Crippen molar-refractivity contribution in [3.8, 4) is 28.6 Å². The number of rotatable bonds is 4. The molecule has 9 rings (SSSR count). The summed E-state index contributed by atoms with van der Waals surface area (Å²) in [7, 11) is 2.04. The lowest BCUT2D eigenvalue weighted by molar-refractivity contribution is 0.482. The van der Waals surface area contributed by atoms with Crippen LogP contribution in [0.15, 0.2) is 132 Å². The van der Waals surface area contributed by atoms with Crippen molar-refractivity contribution in [2.24, 2.45) is 7.05 Å². The Labute approximate surface area is 246 Å². The van der Waals surface area contributed by atoms with Crippen LogP contribution >= 0.6 is 0 Å². The third-order valence-corrected chi connectivity index (χ3v) is 8.22. The molecule has 5 aromatic carbocycles. The maximum absolute atomic E-state index is 6.45. The smallest absolute Gasteiger partial charge is 0.154 e. The van der Waals surface area contributed by atoms with Crippen LogP contribution in [0.25, 0.3) is 72.0 Å². The highest BCUT2D eigenvalue weighted by Gasteiger charge is 2.20. The van der Waals surface area contributed by atoms with Crippen molar-refractivity contribution in [1.29, 1.82) is 0 Å². The summed E-state index contributed by atoms with van der Waals surface area (Å²) in [6, 6.07) is 41.0. The van der Waals surface area contributed by atoms with Gasteiger partial charge < -0.3 is 13.7 Å². The van der Waals surface area contributed by atoms with Gasteiger partial charge in [-0.25, -0.2) is 9.97 Å². The lowest BCUT2D eigenvalue weighted by Gasteiger charge is -2.11. The summed E-state index contributed by atoms with van der Waals surface area (Å²) < 4.78 is 16.9. The quantitative estimate of drug-likeness (QED) is 0.217. The number of furan rings is 1. The second-order valence-electron chi connectivity index (χ2n) is 10.8. The topological polar surface area (TPSA) is 58.0 Å². The average molecular weight is 557 g/mol. The fraction of sp³-hybridized carbons (Fsp3) is 0.0270. The Morgan fingerprint density at radius 2 is 1.40 bits per heavy atom. The first kappa shape index (κ1) is 23.8. The maximum Gasteiger partial charge on any atom is 0.154 e. The molecule has 0 aliphatic rings. The molecule has 4 aromatic heterocycles. The van der Waals surface area contributed by atoms with Crippen molar-refractivity contribution in [3.05, 3.63) is 128 Å². The molecule has 0 atom stereocenters. The van der Waals surface area contributed by atoms with Gasteiger partial charge in [0.25, 0.3) is 0 Å². The molecule has 0 aliphatic carbocycles. The zero-order valence-corrected chi connectivity index (χ0v) is 23.2. The van der Waals surface area contributed by atoms with E-state index >= 15 is 0 Å². The van der Waals surface area contributed by atoms with Gasteiger partial charge in [-0.2, -0.15) is 0 Å². The predicted molar refractivity (Wildman–Crippen MR) is 172 cm³/mol. The van der Waals surface area contributed by atoms with Crippen molar-refractivity contribution in [3.63, 3.8) is 0 Å². The Morgan fingerprint density at radius 1 is 0.651 bits per heavy atom. The van der Waals surface area contributed by atoms with E-state index < -0.39 is 0 Å². The third-order valence-electron chi connectivity index (χ3n) is 8.22. The number of para-hydroxylation sites is 4. The van der Waals surface area contributed by atoms with Gasteiger partial charge in [0, 0.05) is 40.2 Å². The Morgan fingerprint density at radius 3 is 2.28 bits per heavy atom. The lowest BCUT2D eigenvalue weighted by Crippen LogP contribution is -1.96. The average Bonchev–Trinajstić information content (AvgIpc) is 3.70. The third kappa shape index (κ3) is 3.60. The molecule has 0 saturated carbocycles. The summed E-state index contributed by atoms with van der Waals surface area (Å²) in [5.74, 6) is 2.38. The van der Waals surface area contributed by atoms with Crippen LogP contribution in [0.4, 0.5) is 0 Å². The van der Waals surface area contributed by atoms with Crippen LogP contribution in [-0.4, -0.2) is 19.1 Å². The molecular formula is C37H24N4O2. The number of imidazole rings is 1. The minimum Gasteiger partial charge on any atom is -0.457 e. The second-order valence-corrected chi connectivity index (χ2v) is 10.8. The van der Waals surface area contributed by atoms with E-state index in [0.717, 1.165) is 83.5 Å². The molecule has 0 amide bonds. The Kier molecular flexibility index (Phi) is 5.01. The van der Waals surface area contributed by atoms with Gasteiger partial charge in [-0.1, -0.05) is 66.7 Å². The molecule has 0 aliphatic heterocycles. The summed E-state index contributed by atoms with van der Waals surface area (Å²) in [5, 5.41) is 4.38. The zero-order chi connectivity index (χ0) is 28.5. The summed E-state index contributed by atoms with van der Waals surface area (Å²) in [6.07, 6.45) is 1.83. The normalized spacial score (nSPS) is 11.8. The maximum atomic E-state index is 6.45. The van der Waals surface area contributed by atoms with Crippen LogP contribution in [0, 0.1) is 0 Å². The van der Waals surface area contributed by atoms with Crippen molar-refractivity contribution < 1.29 is 9.15 Å². The molecule has 0 fully saturated rings. The van der Waals surface area contributed by atoms with Gasteiger partial charge in [-0.3, -0.25) is 4.57 Å². The molecule has 0 radical (unpaired) electrons. The number of benzene rings is 5. The Bertz CT molecular complexity index is 2520. The van der Waals surface area contributed by atoms with Crippen LogP contribution in [-0.2, 0) is 7.05 Å². The number of ether oxygens (including phenoxy) is 1. The molecule has 0 saturated heterocycles. The van der Waals surface area contributed by atoms with Crippen molar-refractivity contribution in [2.45, 2.75) is 0 Å². The number of nitrogens with zero attached hydrogens (tertiary/aromatic N) is 4. The van der Waals surface area contributed by atoms with E-state index in [1.165, 1.54) is 0 Å². The highest BCUT2D eigenvalue weighted by atomic mass is 16.5. The number of pyridine rings is 1. The van der Waals surface area contributed by atoms with E-state index in [0.29, 0.717) is 0 Å². The second kappa shape index (κ2) is 9.06. The Hall–Kier alpha value is -5.88. The molecule has 43 heavy (non-hydrogen) atoms. The minimum absolute atomic E-state index is 0.737. The number of aryl methyl sites for hydroxylation is 1. The number of hydrogen-bond acceptors (Lipinski definition) is 4. The van der Waals surface area contributed by atoms with E-state index in [4.69, 9.17) is 19.1 Å². The van der Waals surface area contributed by atoms with Crippen molar-refractivity contribution in [2.75, 3.05) is 0 Å². The van der Waals surface area contributed by atoms with Gasteiger partial charge in [0.1, 0.15) is 28.6 Å². The molecule has 4 heterocycles. The van der Waals surface area contributed by atoms with E-state index in [2.05, 4.69) is 69.8 Å². The molecule has 6 nitrogen and oxygen atoms in total. The first-order chi connectivity index (χ1) is 21.2. The van der Waals surface area contributed by atoms with Gasteiger partial charge in [-0.15, -0.1) is 0 Å². The molecule has 9 aromatic rings. The molecule has 6 heteroatoms. The van der Waals surface area contributed by atoms with Gasteiger partial charge in [0.05, 0.1) is 28.4 Å². The van der Waals surface area contributed by atoms with Crippen LogP contribution in [0.5, 0.6) is 11.5 Å². The summed E-state index contributed by atoms with van der Waals surface area (Å²) in [6.45, 7) is 0. The first-order valence-electron chi connectivity index (χ1n) is 14.2. The van der Waals surface area contributed by atoms with Crippen LogP contribution in [0.3, 0.4) is 0 Å². The molecule has 0 spiro atoms. The molecule has 0 N–H and O–H groups in total. The highest BCUT2D eigenvalue weighted by Crippen LogP contribution is 2.40. The zero-order valence-electron chi connectivity index (χ0n) is 23.2. The standard InChI is InChI=1S/C37H24N4O2/c1-40-31-18-6-4-16-29(31)39-36(40)23-10-8-12-25(20-23)42-26-13-9-11-24(21-26)41-30-17-5-2-14-27(30)35-34-28-15-3-7-19-32(28)43-33(34)22-38-37(35)41/h2-22H,1H3. The molecule has 204 valence electrons. The minimum atomic E-state index is 0.737. The van der Waals surface area contributed by atoms with Gasteiger partial charge in [0.2, 0.25) is 0 Å². The van der Waals surface area contributed by atoms with Gasteiger partial charge >= 0.3 is 0 Å². The fourth-order valence-electron chi connectivity index (χ4n) is 6.31. The van der Waals surface area contributed by atoms with Gasteiger partial charge in [0.15, 0.2) is 5.58 Å². The van der Waals surface area contributed by atoms with Gasteiger partial charge in [-0.05, 0) is 48.5 Å². The SMILES string of the molecule is Cn1c(-c2cccc(Oc3cccc(-n4c5ccccc5c5c6c(cnc54)oc4ccccc46)c3)c2)nc2ccccc21. The first-order valence-corrected chi connectivity index (χ1v) is 14.2. The van der Waals surface area contributed by atoms with E-state index in [-0.39, 0.29) is 0 Å². The highest BCUT2D eigenvalue weighted by molar-refractivity contribution is 6.26. The summed E-state index contributed by atoms with van der Waals surface area (Å²) in [5.41, 5.74) is 7.63. The summed E-state index contributed by atoms with van der Waals surface area (Å²) in [4.78, 5) is 9.79. The van der Waals surface area contributed by atoms with E-state index in [9.17, 15) is 0 Å². The van der Waals surface area contributed by atoms with Crippen LogP contribution in [0.2, 0.25) is 0 Å². The van der Waals surface area contributed by atoms with E-state index in [1.54, 1.807) is 0 Å². The predicted octanol–water partition coefficient (Wildman–Crippen LogP) is 9.42. The van der Waals surface area contributed by atoms with Crippen LogP contribution in [0.1, 0.15) is 0 Å². The number of fused-ring (bicyclic) bond motifs is 8. The fourth-order valence-corrected chi connectivity index (χ4v) is 6.31. The monoisotopic (exact) mass is 556 g/mol. The number of hydrogen-bond donors (Lipinski definition) is 0.